The number of hydrogen-bond donors (Lipinski definition) is 6. The predicted molar refractivity (Wildman–Crippen MR) is 164 cm³/mol. The number of para-hydroxylation sites is 1. The van der Waals surface area contributed by atoms with Crippen molar-refractivity contribution in [3.8, 4) is 34.1 Å². The van der Waals surface area contributed by atoms with Crippen LogP contribution < -0.4 is 19.6 Å². The van der Waals surface area contributed by atoms with Crippen molar-refractivity contribution in [2.75, 3.05) is 14.2 Å². The molecule has 0 unspecified atom stereocenters. The fourth-order valence-electron chi connectivity index (χ4n) is 6.53. The van der Waals surface area contributed by atoms with Crippen LogP contribution in [0.4, 0.5) is 0 Å². The molecule has 1 fully saturated rings. The fraction of sp³-hybridized carbons (Fsp3) is 0.333. The molecule has 252 valence electrons. The largest absolute Gasteiger partial charge is 0.506 e. The quantitative estimate of drug-likeness (QED) is 0.146. The lowest BCUT2D eigenvalue weighted by Crippen LogP contribution is -2.61. The summed E-state index contributed by atoms with van der Waals surface area (Å²) >= 11 is 0. The highest BCUT2D eigenvalue weighted by Crippen LogP contribution is 2.53. The third-order valence-corrected chi connectivity index (χ3v) is 8.59. The summed E-state index contributed by atoms with van der Waals surface area (Å²) in [4.78, 5) is 50.1. The number of aliphatic carboxylic acids is 1. The molecule has 15 heteroatoms. The summed E-state index contributed by atoms with van der Waals surface area (Å²) in [5, 5.41) is 61.5. The maximum Gasteiger partial charge on any atom is 0.339 e. The second kappa shape index (κ2) is 12.1. The zero-order valence-electron chi connectivity index (χ0n) is 25.7. The zero-order chi connectivity index (χ0) is 34.8. The van der Waals surface area contributed by atoms with E-state index in [-0.39, 0.29) is 80.9 Å². The molecule has 0 radical (unpaired) electrons. The number of aromatic carboxylic acids is 1. The summed E-state index contributed by atoms with van der Waals surface area (Å²) in [5.41, 5.74) is 0.0305. The van der Waals surface area contributed by atoms with E-state index in [0.717, 1.165) is 0 Å². The summed E-state index contributed by atoms with van der Waals surface area (Å²) in [6.45, 7) is 1.31. The highest BCUT2D eigenvalue weighted by molar-refractivity contribution is 6.06. The van der Waals surface area contributed by atoms with Gasteiger partial charge in [0.1, 0.15) is 46.5 Å². The van der Waals surface area contributed by atoms with Crippen molar-refractivity contribution in [2.24, 2.45) is 0 Å². The van der Waals surface area contributed by atoms with Gasteiger partial charge in [0.25, 0.3) is 0 Å². The third kappa shape index (κ3) is 4.98. The van der Waals surface area contributed by atoms with Gasteiger partial charge in [0.05, 0.1) is 19.6 Å². The first-order valence-electron chi connectivity index (χ1n) is 14.7. The average molecular weight is 667 g/mol. The van der Waals surface area contributed by atoms with E-state index in [0.29, 0.717) is 11.1 Å². The van der Waals surface area contributed by atoms with E-state index in [4.69, 9.17) is 23.4 Å². The molecular weight excluding hydrogens is 636 g/mol. The Bertz CT molecular complexity index is 2080. The molecule has 0 spiro atoms. The summed E-state index contributed by atoms with van der Waals surface area (Å²) < 4.78 is 28.7. The Labute approximate surface area is 270 Å². The van der Waals surface area contributed by atoms with Crippen LogP contribution in [0.5, 0.6) is 23.0 Å². The summed E-state index contributed by atoms with van der Waals surface area (Å²) in [6, 6.07) is 5.72. The average Bonchev–Trinajstić information content (AvgIpc) is 3.03. The molecule has 15 nitrogen and oxygen atoms in total. The van der Waals surface area contributed by atoms with Gasteiger partial charge in [-0.1, -0.05) is 12.1 Å². The van der Waals surface area contributed by atoms with Crippen molar-refractivity contribution in [3.05, 3.63) is 56.7 Å². The number of carboxylic acid groups (broad SMARTS) is 2. The molecule has 6 N–H and O–H groups in total. The van der Waals surface area contributed by atoms with E-state index in [1.807, 2.05) is 0 Å². The maximum absolute atomic E-state index is 14.2. The van der Waals surface area contributed by atoms with E-state index in [1.54, 1.807) is 6.07 Å². The second-order valence-corrected chi connectivity index (χ2v) is 11.5. The van der Waals surface area contributed by atoms with Gasteiger partial charge in [-0.3, -0.25) is 9.59 Å². The first-order valence-corrected chi connectivity index (χ1v) is 14.7. The van der Waals surface area contributed by atoms with E-state index in [1.165, 1.54) is 39.3 Å². The first-order chi connectivity index (χ1) is 22.8. The third-order valence-electron chi connectivity index (χ3n) is 8.59. The fourth-order valence-corrected chi connectivity index (χ4v) is 6.53. The van der Waals surface area contributed by atoms with Crippen molar-refractivity contribution in [2.45, 2.75) is 56.9 Å². The monoisotopic (exact) mass is 666 g/mol. The van der Waals surface area contributed by atoms with Crippen LogP contribution in [0, 0.1) is 0 Å². The number of fused-ring (bicyclic) bond motifs is 5. The Balaban J connectivity index is 1.60. The molecule has 0 saturated carbocycles. The smallest absolute Gasteiger partial charge is 0.339 e. The number of aliphatic hydroxyl groups excluding tert-OH is 3. The highest BCUT2D eigenvalue weighted by atomic mass is 16.7. The summed E-state index contributed by atoms with van der Waals surface area (Å²) in [5.74, 6) is -4.12. The molecular formula is C33H30O15. The number of rotatable bonds is 8. The van der Waals surface area contributed by atoms with Crippen molar-refractivity contribution < 1.29 is 68.4 Å². The Morgan fingerprint density at radius 1 is 0.938 bits per heavy atom. The van der Waals surface area contributed by atoms with Crippen LogP contribution in [-0.4, -0.2) is 93.3 Å². The van der Waals surface area contributed by atoms with Gasteiger partial charge in [0, 0.05) is 23.1 Å². The molecule has 1 aliphatic carbocycles. The molecule has 1 saturated heterocycles. The van der Waals surface area contributed by atoms with Gasteiger partial charge in [-0.15, -0.1) is 0 Å². The van der Waals surface area contributed by atoms with Crippen LogP contribution in [0.3, 0.4) is 0 Å². The molecule has 2 aliphatic rings. The Morgan fingerprint density at radius 3 is 2.27 bits per heavy atom. The summed E-state index contributed by atoms with van der Waals surface area (Å²) in [7, 11) is 2.62. The van der Waals surface area contributed by atoms with Gasteiger partial charge >= 0.3 is 11.9 Å². The Hall–Kier alpha value is -5.22. The number of carboxylic acids is 2. The number of benzene rings is 3. The summed E-state index contributed by atoms with van der Waals surface area (Å²) in [6.07, 6.45) is -9.19. The molecule has 4 aromatic rings. The second-order valence-electron chi connectivity index (χ2n) is 11.5. The van der Waals surface area contributed by atoms with Crippen LogP contribution in [0.25, 0.3) is 33.1 Å². The van der Waals surface area contributed by atoms with Gasteiger partial charge in [0.2, 0.25) is 11.7 Å². The minimum Gasteiger partial charge on any atom is -0.506 e. The lowest BCUT2D eigenvalue weighted by molar-refractivity contribution is -0.271. The van der Waals surface area contributed by atoms with E-state index in [9.17, 15) is 49.8 Å². The number of carbonyl (C=O) groups is 3. The first kappa shape index (κ1) is 32.7. The molecule has 6 rings (SSSR count). The zero-order valence-corrected chi connectivity index (χ0v) is 25.7. The molecule has 48 heavy (non-hydrogen) atoms. The van der Waals surface area contributed by atoms with Crippen LogP contribution >= 0.6 is 0 Å². The SMILES string of the molecule is COc1c2c(c(OC)c3c(=O)c4cccc(O[C@@H]5O[C@H](C(=O)O)[C@@H](O)[C@H](O)[C@H]5O)c4oc13)-c1c(cc(CC(C)=O)c(C(=O)O)c1O)CC2. The minimum atomic E-state index is -1.95. The van der Waals surface area contributed by atoms with Crippen molar-refractivity contribution >= 4 is 39.7 Å². The van der Waals surface area contributed by atoms with Crippen LogP contribution in [-0.2, 0) is 33.6 Å². The standard InChI is InChI=1S/C33H30O15/c1-11(34)9-13-10-12-7-8-14-19(17(12)22(36)18(13)31(40)41)28(45-3)20-21(35)15-5-4-6-16(26(15)47-29(20)27(14)44-2)46-33-25(39)23(37)24(38)30(48-33)32(42)43/h4-6,10,23-25,30,33,36-39H,7-9H2,1-3H3,(H,40,41)(H,42,43)/t23-,24-,25+,30-,33+/m0/s1. The van der Waals surface area contributed by atoms with Gasteiger partial charge in [0.15, 0.2) is 28.8 Å². The van der Waals surface area contributed by atoms with Crippen LogP contribution in [0.2, 0.25) is 0 Å². The number of methoxy groups -OCH3 is 2. The molecule has 5 atom stereocenters. The number of ketones is 1. The maximum atomic E-state index is 14.2. The molecule has 1 aliphatic heterocycles. The van der Waals surface area contributed by atoms with E-state index >= 15 is 0 Å². The van der Waals surface area contributed by atoms with Crippen molar-refractivity contribution in [1.29, 1.82) is 0 Å². The predicted octanol–water partition coefficient (Wildman–Crippen LogP) is 1.54. The number of aromatic hydroxyl groups is 1. The molecule has 3 aromatic carbocycles. The lowest BCUT2D eigenvalue weighted by Gasteiger charge is -2.38. The minimum absolute atomic E-state index is 0.0397. The molecule has 0 bridgehead atoms. The number of hydrogen-bond acceptors (Lipinski definition) is 13. The molecule has 1 aromatic heterocycles. The lowest BCUT2D eigenvalue weighted by atomic mass is 9.80. The van der Waals surface area contributed by atoms with E-state index < -0.39 is 59.4 Å². The normalized spacial score (nSPS) is 21.8. The van der Waals surface area contributed by atoms with Gasteiger partial charge in [-0.2, -0.15) is 0 Å². The number of ether oxygens (including phenoxy) is 4. The van der Waals surface area contributed by atoms with Crippen LogP contribution in [0.1, 0.15) is 34.0 Å². The van der Waals surface area contributed by atoms with Crippen LogP contribution in [0.15, 0.2) is 33.5 Å². The van der Waals surface area contributed by atoms with Gasteiger partial charge in [-0.25, -0.2) is 9.59 Å². The number of phenols is 1. The number of Topliss-reactive ketones (excluding diaryl/α,β-unsaturated/α-hetero) is 1. The molecule has 2 heterocycles. The number of aliphatic hydroxyl groups is 3. The topological polar surface area (TPSA) is 240 Å². The number of carbonyl (C=O) groups excluding carboxylic acids is 1. The van der Waals surface area contributed by atoms with Crippen molar-refractivity contribution in [1.82, 2.24) is 0 Å². The van der Waals surface area contributed by atoms with Gasteiger partial charge < -0.3 is 54.0 Å². The van der Waals surface area contributed by atoms with Crippen molar-refractivity contribution in [3.63, 3.8) is 0 Å². The highest BCUT2D eigenvalue weighted by Gasteiger charge is 2.48. The Kier molecular flexibility index (Phi) is 8.25. The molecule has 0 amide bonds. The van der Waals surface area contributed by atoms with Gasteiger partial charge in [-0.05, 0) is 43.0 Å². The number of aryl methyl sites for hydroxylation is 1. The Morgan fingerprint density at radius 2 is 1.65 bits per heavy atom. The van der Waals surface area contributed by atoms with E-state index in [2.05, 4.69) is 0 Å².